The van der Waals surface area contributed by atoms with Crippen molar-refractivity contribution in [2.75, 3.05) is 12.4 Å². The number of anilines is 1. The Morgan fingerprint density at radius 2 is 1.86 bits per heavy atom. The molecule has 0 saturated carbocycles. The summed E-state index contributed by atoms with van der Waals surface area (Å²) >= 11 is 7.32. The standard InChI is InChI=1S/C21H17ClN2O3S/c1-27-20(26)16-7-2-14(3-8-16)6-11-19(25)24-21-23-13-18(28-21)12-15-4-9-17(22)10-5-15/h2-11,13H,12H2,1H3,(H,23,24,25). The summed E-state index contributed by atoms with van der Waals surface area (Å²) in [5, 5.41) is 4.00. The van der Waals surface area contributed by atoms with Crippen LogP contribution >= 0.6 is 22.9 Å². The molecule has 28 heavy (non-hydrogen) atoms. The predicted molar refractivity (Wildman–Crippen MR) is 112 cm³/mol. The van der Waals surface area contributed by atoms with Crippen molar-refractivity contribution in [3.05, 3.63) is 87.4 Å². The van der Waals surface area contributed by atoms with Crippen molar-refractivity contribution in [2.24, 2.45) is 0 Å². The van der Waals surface area contributed by atoms with Crippen molar-refractivity contribution >= 4 is 46.0 Å². The second-order valence-corrected chi connectivity index (χ2v) is 7.42. The molecule has 7 heteroatoms. The predicted octanol–water partition coefficient (Wildman–Crippen LogP) is 4.83. The largest absolute Gasteiger partial charge is 0.465 e. The van der Waals surface area contributed by atoms with Gasteiger partial charge in [-0.2, -0.15) is 0 Å². The van der Waals surface area contributed by atoms with E-state index < -0.39 is 5.97 Å². The normalized spacial score (nSPS) is 10.8. The smallest absolute Gasteiger partial charge is 0.337 e. The third-order valence-corrected chi connectivity index (χ3v) is 5.00. The first-order valence-corrected chi connectivity index (χ1v) is 9.59. The van der Waals surface area contributed by atoms with Crippen LogP contribution in [-0.4, -0.2) is 24.0 Å². The molecule has 5 nitrogen and oxygen atoms in total. The third-order valence-electron chi connectivity index (χ3n) is 3.83. The summed E-state index contributed by atoms with van der Waals surface area (Å²) in [5.74, 6) is -0.670. The fraction of sp³-hybridized carbons (Fsp3) is 0.0952. The van der Waals surface area contributed by atoms with E-state index in [9.17, 15) is 9.59 Å². The van der Waals surface area contributed by atoms with Gasteiger partial charge in [0.25, 0.3) is 0 Å². The number of methoxy groups -OCH3 is 1. The van der Waals surface area contributed by atoms with Crippen molar-refractivity contribution in [2.45, 2.75) is 6.42 Å². The van der Waals surface area contributed by atoms with Crippen LogP contribution in [0.4, 0.5) is 5.13 Å². The number of halogens is 1. The van der Waals surface area contributed by atoms with Crippen LogP contribution in [-0.2, 0) is 16.0 Å². The van der Waals surface area contributed by atoms with Crippen molar-refractivity contribution in [1.82, 2.24) is 4.98 Å². The number of amides is 1. The summed E-state index contributed by atoms with van der Waals surface area (Å²) in [4.78, 5) is 28.8. The van der Waals surface area contributed by atoms with Crippen molar-refractivity contribution < 1.29 is 14.3 Å². The van der Waals surface area contributed by atoms with E-state index in [1.807, 2.05) is 24.3 Å². The number of carbonyl (C=O) groups excluding carboxylic acids is 2. The Morgan fingerprint density at radius 1 is 1.14 bits per heavy atom. The van der Waals surface area contributed by atoms with Crippen molar-refractivity contribution in [1.29, 1.82) is 0 Å². The van der Waals surface area contributed by atoms with Crippen molar-refractivity contribution in [3.8, 4) is 0 Å². The van der Waals surface area contributed by atoms with Gasteiger partial charge in [-0.15, -0.1) is 11.3 Å². The first kappa shape index (κ1) is 19.8. The van der Waals surface area contributed by atoms with E-state index in [0.29, 0.717) is 15.7 Å². The Morgan fingerprint density at radius 3 is 2.54 bits per heavy atom. The zero-order valence-corrected chi connectivity index (χ0v) is 16.6. The van der Waals surface area contributed by atoms with Gasteiger partial charge >= 0.3 is 5.97 Å². The molecule has 142 valence electrons. The van der Waals surface area contributed by atoms with Gasteiger partial charge in [0.05, 0.1) is 12.7 Å². The van der Waals surface area contributed by atoms with Gasteiger partial charge in [-0.1, -0.05) is 35.9 Å². The van der Waals surface area contributed by atoms with E-state index >= 15 is 0 Å². The van der Waals surface area contributed by atoms with Crippen LogP contribution in [0, 0.1) is 0 Å². The summed E-state index contributed by atoms with van der Waals surface area (Å²) in [6, 6.07) is 14.4. The van der Waals surface area contributed by atoms with E-state index in [2.05, 4.69) is 15.0 Å². The van der Waals surface area contributed by atoms with E-state index in [-0.39, 0.29) is 5.91 Å². The molecule has 1 aromatic heterocycles. The van der Waals surface area contributed by atoms with Crippen LogP contribution in [0.1, 0.15) is 26.4 Å². The van der Waals surface area contributed by atoms with Crippen LogP contribution in [0.15, 0.2) is 60.8 Å². The number of rotatable bonds is 6. The Balaban J connectivity index is 1.56. The topological polar surface area (TPSA) is 68.3 Å². The highest BCUT2D eigenvalue weighted by Crippen LogP contribution is 2.22. The first-order valence-electron chi connectivity index (χ1n) is 8.40. The summed E-state index contributed by atoms with van der Waals surface area (Å²) in [7, 11) is 1.33. The Hall–Kier alpha value is -2.96. The molecule has 0 aliphatic carbocycles. The van der Waals surface area contributed by atoms with Crippen molar-refractivity contribution in [3.63, 3.8) is 0 Å². The Kier molecular flexibility index (Phi) is 6.57. The fourth-order valence-corrected chi connectivity index (χ4v) is 3.39. The summed E-state index contributed by atoms with van der Waals surface area (Å²) in [5.41, 5.74) is 2.38. The zero-order chi connectivity index (χ0) is 19.9. The number of nitrogens with one attached hydrogen (secondary N) is 1. The molecule has 0 aliphatic heterocycles. The molecule has 0 radical (unpaired) electrons. The number of ether oxygens (including phenoxy) is 1. The second-order valence-electron chi connectivity index (χ2n) is 5.87. The molecule has 0 bridgehead atoms. The number of carbonyl (C=O) groups is 2. The molecule has 0 unspecified atom stereocenters. The summed E-state index contributed by atoms with van der Waals surface area (Å²) < 4.78 is 4.65. The Labute approximate surface area is 171 Å². The maximum absolute atomic E-state index is 12.1. The SMILES string of the molecule is COC(=O)c1ccc(C=CC(=O)Nc2ncc(Cc3ccc(Cl)cc3)s2)cc1. The van der Waals surface area contributed by atoms with Crippen LogP contribution < -0.4 is 5.32 Å². The van der Waals surface area contributed by atoms with Gasteiger partial charge in [-0.25, -0.2) is 9.78 Å². The molecule has 0 saturated heterocycles. The lowest BCUT2D eigenvalue weighted by Crippen LogP contribution is -2.07. The van der Waals surface area contributed by atoms with E-state index in [1.165, 1.54) is 24.5 Å². The highest BCUT2D eigenvalue weighted by Gasteiger charge is 2.06. The molecule has 0 aliphatic rings. The molecule has 1 N–H and O–H groups in total. The van der Waals surface area contributed by atoms with Gasteiger partial charge in [0.15, 0.2) is 5.13 Å². The quantitative estimate of drug-likeness (QED) is 0.465. The van der Waals surface area contributed by atoms with Crippen LogP contribution in [0.3, 0.4) is 0 Å². The minimum Gasteiger partial charge on any atom is -0.465 e. The lowest BCUT2D eigenvalue weighted by molar-refractivity contribution is -0.111. The number of esters is 1. The van der Waals surface area contributed by atoms with E-state index in [1.54, 1.807) is 36.5 Å². The minimum atomic E-state index is -0.397. The van der Waals surface area contributed by atoms with Crippen LogP contribution in [0.25, 0.3) is 6.08 Å². The van der Waals surface area contributed by atoms with Crippen LogP contribution in [0.5, 0.6) is 0 Å². The zero-order valence-electron chi connectivity index (χ0n) is 15.0. The molecule has 3 rings (SSSR count). The highest BCUT2D eigenvalue weighted by atomic mass is 35.5. The molecular weight excluding hydrogens is 396 g/mol. The first-order chi connectivity index (χ1) is 13.5. The van der Waals surface area contributed by atoms with Gasteiger partial charge in [0.2, 0.25) is 5.91 Å². The lowest BCUT2D eigenvalue weighted by atomic mass is 10.1. The maximum atomic E-state index is 12.1. The number of nitrogens with zero attached hydrogens (tertiary/aromatic N) is 1. The minimum absolute atomic E-state index is 0.274. The van der Waals surface area contributed by atoms with Gasteiger partial charge < -0.3 is 4.74 Å². The molecule has 3 aromatic rings. The molecule has 0 spiro atoms. The number of hydrogen-bond donors (Lipinski definition) is 1. The highest BCUT2D eigenvalue weighted by molar-refractivity contribution is 7.15. The van der Waals surface area contributed by atoms with E-state index in [0.717, 1.165) is 22.4 Å². The number of aromatic nitrogens is 1. The van der Waals surface area contributed by atoms with Crippen LogP contribution in [0.2, 0.25) is 5.02 Å². The lowest BCUT2D eigenvalue weighted by Gasteiger charge is -2.00. The molecule has 1 amide bonds. The van der Waals surface area contributed by atoms with E-state index in [4.69, 9.17) is 11.6 Å². The van der Waals surface area contributed by atoms with Gasteiger partial charge in [0, 0.05) is 28.6 Å². The molecular formula is C21H17ClN2O3S. The summed E-state index contributed by atoms with van der Waals surface area (Å²) in [6.07, 6.45) is 5.57. The molecule has 2 aromatic carbocycles. The van der Waals surface area contributed by atoms with Gasteiger partial charge in [0.1, 0.15) is 0 Å². The number of benzene rings is 2. The maximum Gasteiger partial charge on any atom is 0.337 e. The molecule has 1 heterocycles. The van der Waals surface area contributed by atoms with Gasteiger partial charge in [-0.3, -0.25) is 10.1 Å². The second kappa shape index (κ2) is 9.30. The van der Waals surface area contributed by atoms with Gasteiger partial charge in [-0.05, 0) is 41.5 Å². The molecule has 0 atom stereocenters. The summed E-state index contributed by atoms with van der Waals surface area (Å²) in [6.45, 7) is 0. The average Bonchev–Trinajstić information content (AvgIpc) is 3.14. The Bertz CT molecular complexity index is 995. The molecule has 0 fully saturated rings. The third kappa shape index (κ3) is 5.52. The average molecular weight is 413 g/mol. The fourth-order valence-electron chi connectivity index (χ4n) is 2.42. The number of hydrogen-bond acceptors (Lipinski definition) is 5. The number of thiazole rings is 1. The monoisotopic (exact) mass is 412 g/mol.